The first kappa shape index (κ1) is 15.3. The summed E-state index contributed by atoms with van der Waals surface area (Å²) in [5.41, 5.74) is 0. The second-order valence-corrected chi connectivity index (χ2v) is 4.43. The molecule has 0 aliphatic carbocycles. The predicted octanol–water partition coefficient (Wildman–Crippen LogP) is 2.68. The standard InChI is InChI=1S/C13H13F3N2O3/c1-8(11(19)13(14,15)16)12-17-10(18-21-12)7-20-9-5-3-2-4-6-9/h2-6,8,11,19H,7H2,1H3. The normalized spacial score (nSPS) is 14.7. The second-order valence-electron chi connectivity index (χ2n) is 4.43. The topological polar surface area (TPSA) is 68.4 Å². The molecule has 8 heteroatoms. The minimum absolute atomic E-state index is 0.0393. The van der Waals surface area contributed by atoms with Crippen molar-refractivity contribution in [3.63, 3.8) is 0 Å². The third-order valence-corrected chi connectivity index (χ3v) is 2.79. The van der Waals surface area contributed by atoms with Crippen molar-refractivity contribution in [3.05, 3.63) is 42.0 Å². The van der Waals surface area contributed by atoms with E-state index in [1.54, 1.807) is 24.3 Å². The average Bonchev–Trinajstić information content (AvgIpc) is 2.92. The van der Waals surface area contributed by atoms with Crippen molar-refractivity contribution in [2.24, 2.45) is 0 Å². The summed E-state index contributed by atoms with van der Waals surface area (Å²) in [6, 6.07) is 8.81. The van der Waals surface area contributed by atoms with Crippen molar-refractivity contribution in [2.75, 3.05) is 0 Å². The fourth-order valence-corrected chi connectivity index (χ4v) is 1.59. The monoisotopic (exact) mass is 302 g/mol. The van der Waals surface area contributed by atoms with E-state index in [1.807, 2.05) is 6.07 Å². The Balaban J connectivity index is 1.98. The molecule has 21 heavy (non-hydrogen) atoms. The highest BCUT2D eigenvalue weighted by molar-refractivity contribution is 5.20. The van der Waals surface area contributed by atoms with Gasteiger partial charge in [-0.3, -0.25) is 0 Å². The van der Waals surface area contributed by atoms with Gasteiger partial charge in [-0.05, 0) is 12.1 Å². The Labute approximate surface area is 118 Å². The van der Waals surface area contributed by atoms with Gasteiger partial charge in [0.05, 0.1) is 5.92 Å². The van der Waals surface area contributed by atoms with Gasteiger partial charge in [0.15, 0.2) is 12.7 Å². The second kappa shape index (κ2) is 6.13. The Bertz CT molecular complexity index is 572. The zero-order valence-electron chi connectivity index (χ0n) is 11.0. The van der Waals surface area contributed by atoms with E-state index in [2.05, 4.69) is 10.1 Å². The average molecular weight is 302 g/mol. The molecule has 0 amide bonds. The van der Waals surface area contributed by atoms with Crippen LogP contribution in [-0.2, 0) is 6.61 Å². The van der Waals surface area contributed by atoms with Crippen LogP contribution in [0, 0.1) is 0 Å². The maximum Gasteiger partial charge on any atom is 0.415 e. The lowest BCUT2D eigenvalue weighted by Gasteiger charge is -2.17. The zero-order chi connectivity index (χ0) is 15.5. The van der Waals surface area contributed by atoms with E-state index >= 15 is 0 Å². The smallest absolute Gasteiger partial charge is 0.415 e. The van der Waals surface area contributed by atoms with Crippen LogP contribution in [0.25, 0.3) is 0 Å². The number of para-hydroxylation sites is 1. The van der Waals surface area contributed by atoms with Crippen LogP contribution in [0.2, 0.25) is 0 Å². The van der Waals surface area contributed by atoms with Crippen LogP contribution < -0.4 is 4.74 Å². The van der Waals surface area contributed by atoms with Gasteiger partial charge in [-0.15, -0.1) is 0 Å². The molecular formula is C13H13F3N2O3. The van der Waals surface area contributed by atoms with Gasteiger partial charge in [0.2, 0.25) is 11.7 Å². The molecule has 2 atom stereocenters. The summed E-state index contributed by atoms with van der Waals surface area (Å²) < 4.78 is 47.3. The van der Waals surface area contributed by atoms with E-state index in [9.17, 15) is 13.2 Å². The fourth-order valence-electron chi connectivity index (χ4n) is 1.59. The Morgan fingerprint density at radius 1 is 1.29 bits per heavy atom. The highest BCUT2D eigenvalue weighted by Gasteiger charge is 2.44. The number of aliphatic hydroxyl groups excluding tert-OH is 1. The van der Waals surface area contributed by atoms with Crippen LogP contribution in [0.15, 0.2) is 34.9 Å². The van der Waals surface area contributed by atoms with Crippen LogP contribution in [0.1, 0.15) is 24.6 Å². The number of hydrogen-bond donors (Lipinski definition) is 1. The van der Waals surface area contributed by atoms with E-state index in [1.165, 1.54) is 0 Å². The van der Waals surface area contributed by atoms with E-state index in [-0.39, 0.29) is 18.3 Å². The molecule has 0 saturated carbocycles. The quantitative estimate of drug-likeness (QED) is 0.919. The number of rotatable bonds is 5. The SMILES string of the molecule is CC(c1nc(COc2ccccc2)no1)C(O)C(F)(F)F. The molecule has 1 aromatic carbocycles. The van der Waals surface area contributed by atoms with Crippen molar-refractivity contribution >= 4 is 0 Å². The van der Waals surface area contributed by atoms with Gasteiger partial charge < -0.3 is 14.4 Å². The first-order chi connectivity index (χ1) is 9.88. The highest BCUT2D eigenvalue weighted by atomic mass is 19.4. The maximum absolute atomic E-state index is 12.4. The van der Waals surface area contributed by atoms with Crippen LogP contribution >= 0.6 is 0 Å². The Hall–Kier alpha value is -2.09. The molecule has 0 aliphatic rings. The first-order valence-electron chi connectivity index (χ1n) is 6.13. The third kappa shape index (κ3) is 3.94. The predicted molar refractivity (Wildman–Crippen MR) is 65.5 cm³/mol. The number of ether oxygens (including phenoxy) is 1. The Kier molecular flexibility index (Phi) is 4.46. The summed E-state index contributed by atoms with van der Waals surface area (Å²) in [7, 11) is 0. The number of aromatic nitrogens is 2. The molecule has 114 valence electrons. The maximum atomic E-state index is 12.4. The van der Waals surface area contributed by atoms with Crippen LogP contribution in [0.3, 0.4) is 0 Å². The van der Waals surface area contributed by atoms with Crippen molar-refractivity contribution in [1.29, 1.82) is 0 Å². The minimum Gasteiger partial charge on any atom is -0.485 e. The van der Waals surface area contributed by atoms with Gasteiger partial charge >= 0.3 is 6.18 Å². The first-order valence-corrected chi connectivity index (χ1v) is 6.13. The van der Waals surface area contributed by atoms with Gasteiger partial charge in [-0.2, -0.15) is 18.2 Å². The largest absolute Gasteiger partial charge is 0.485 e. The molecule has 2 aromatic rings. The number of alkyl halides is 3. The highest BCUT2D eigenvalue weighted by Crippen LogP contribution is 2.30. The molecule has 0 radical (unpaired) electrons. The lowest BCUT2D eigenvalue weighted by atomic mass is 10.1. The molecule has 5 nitrogen and oxygen atoms in total. The van der Waals surface area contributed by atoms with Gasteiger partial charge in [0.25, 0.3) is 0 Å². The van der Waals surface area contributed by atoms with Crippen molar-refractivity contribution in [3.8, 4) is 5.75 Å². The molecule has 1 N–H and O–H groups in total. The number of aliphatic hydroxyl groups is 1. The van der Waals surface area contributed by atoms with Gasteiger partial charge in [0.1, 0.15) is 5.75 Å². The van der Waals surface area contributed by atoms with Crippen LogP contribution in [0.4, 0.5) is 13.2 Å². The molecule has 1 heterocycles. The van der Waals surface area contributed by atoms with Crippen molar-refractivity contribution < 1.29 is 27.5 Å². The summed E-state index contributed by atoms with van der Waals surface area (Å²) in [5.74, 6) is -0.947. The molecule has 1 aromatic heterocycles. The number of halogens is 3. The molecule has 0 saturated heterocycles. The molecule has 0 spiro atoms. The third-order valence-electron chi connectivity index (χ3n) is 2.79. The fraction of sp³-hybridized carbons (Fsp3) is 0.385. The lowest BCUT2D eigenvalue weighted by molar-refractivity contribution is -0.210. The number of benzene rings is 1. The summed E-state index contributed by atoms with van der Waals surface area (Å²) >= 11 is 0. The summed E-state index contributed by atoms with van der Waals surface area (Å²) in [6.45, 7) is 1.12. The van der Waals surface area contributed by atoms with Gasteiger partial charge in [-0.1, -0.05) is 30.3 Å². The molecule has 2 unspecified atom stereocenters. The van der Waals surface area contributed by atoms with E-state index in [0.29, 0.717) is 5.75 Å². The van der Waals surface area contributed by atoms with E-state index in [4.69, 9.17) is 14.4 Å². The summed E-state index contributed by atoms with van der Waals surface area (Å²) in [4.78, 5) is 3.80. The Morgan fingerprint density at radius 2 is 1.95 bits per heavy atom. The Morgan fingerprint density at radius 3 is 2.57 bits per heavy atom. The molecular weight excluding hydrogens is 289 g/mol. The van der Waals surface area contributed by atoms with Gasteiger partial charge in [-0.25, -0.2) is 0 Å². The number of hydrogen-bond acceptors (Lipinski definition) is 5. The zero-order valence-corrected chi connectivity index (χ0v) is 11.0. The molecule has 0 fully saturated rings. The lowest BCUT2D eigenvalue weighted by Crippen LogP contribution is -2.33. The van der Waals surface area contributed by atoms with Crippen molar-refractivity contribution in [1.82, 2.24) is 10.1 Å². The summed E-state index contributed by atoms with van der Waals surface area (Å²) in [6.07, 6.45) is -7.30. The van der Waals surface area contributed by atoms with Crippen molar-refractivity contribution in [2.45, 2.75) is 31.7 Å². The van der Waals surface area contributed by atoms with Gasteiger partial charge in [0, 0.05) is 0 Å². The summed E-state index contributed by atoms with van der Waals surface area (Å²) in [5, 5.41) is 12.7. The van der Waals surface area contributed by atoms with E-state index < -0.39 is 18.2 Å². The molecule has 2 rings (SSSR count). The van der Waals surface area contributed by atoms with E-state index in [0.717, 1.165) is 6.92 Å². The number of nitrogens with zero attached hydrogens (tertiary/aromatic N) is 2. The molecule has 0 bridgehead atoms. The van der Waals surface area contributed by atoms with Crippen LogP contribution in [0.5, 0.6) is 5.75 Å². The van der Waals surface area contributed by atoms with Crippen LogP contribution in [-0.4, -0.2) is 27.5 Å². The minimum atomic E-state index is -4.74. The molecule has 0 aliphatic heterocycles.